The highest BCUT2D eigenvalue weighted by Crippen LogP contribution is 2.12. The van der Waals surface area contributed by atoms with Gasteiger partial charge in [-0.2, -0.15) is 0 Å². The second-order valence-corrected chi connectivity index (χ2v) is 7.01. The maximum Gasteiger partial charge on any atom is 0.336 e. The quantitative estimate of drug-likeness (QED) is 0.651. The highest BCUT2D eigenvalue weighted by Gasteiger charge is 2.17. The number of Topliss-reactive ketones (excluding diaryl/α,β-unsaturated/α-hetero) is 1. The first kappa shape index (κ1) is 20.3. The van der Waals surface area contributed by atoms with Crippen LogP contribution in [-0.4, -0.2) is 26.9 Å². The molecule has 0 bridgehead atoms. The number of nitrogens with one attached hydrogen (secondary N) is 1. The smallest absolute Gasteiger partial charge is 0.336 e. The fourth-order valence-corrected chi connectivity index (χ4v) is 3.13. The summed E-state index contributed by atoms with van der Waals surface area (Å²) < 4.78 is 2.29. The molecule has 1 heterocycles. The molecule has 1 aromatic heterocycles. The van der Waals surface area contributed by atoms with Crippen LogP contribution in [0, 0.1) is 0 Å². The summed E-state index contributed by atoms with van der Waals surface area (Å²) in [7, 11) is 0. The van der Waals surface area contributed by atoms with Crippen LogP contribution in [0.3, 0.4) is 0 Å². The number of hydrogen-bond donors (Lipinski definition) is 1. The Bertz CT molecular complexity index is 1210. The summed E-state index contributed by atoms with van der Waals surface area (Å²) in [4.78, 5) is 50.5. The van der Waals surface area contributed by atoms with Crippen molar-refractivity contribution in [3.8, 4) is 5.69 Å². The van der Waals surface area contributed by atoms with Gasteiger partial charge in [0.2, 0.25) is 5.91 Å². The first-order chi connectivity index (χ1) is 13.8. The van der Waals surface area contributed by atoms with E-state index in [1.165, 1.54) is 17.6 Å². The molecule has 29 heavy (non-hydrogen) atoms. The molecule has 2 aromatic carbocycles. The standard InChI is InChI=1S/C22H23N3O4/c1-4-14(2)23-20(27)13-24-19-11-6-5-10-18(19)21(28)25(22(24)29)17-9-7-8-16(12-17)15(3)26/h5-12,14H,4,13H2,1-3H3,(H,23,27). The van der Waals surface area contributed by atoms with Crippen molar-refractivity contribution in [3.05, 3.63) is 74.9 Å². The number of benzene rings is 2. The summed E-state index contributed by atoms with van der Waals surface area (Å²) in [5.74, 6) is -0.483. The van der Waals surface area contributed by atoms with E-state index in [1.54, 1.807) is 42.5 Å². The highest BCUT2D eigenvalue weighted by molar-refractivity contribution is 5.94. The maximum absolute atomic E-state index is 13.2. The number of ketones is 1. The molecule has 0 aliphatic rings. The lowest BCUT2D eigenvalue weighted by Crippen LogP contribution is -2.43. The Morgan fingerprint density at radius 1 is 1.07 bits per heavy atom. The normalized spacial score (nSPS) is 12.0. The third-order valence-corrected chi connectivity index (χ3v) is 4.88. The van der Waals surface area contributed by atoms with Crippen LogP contribution in [0.4, 0.5) is 0 Å². The van der Waals surface area contributed by atoms with Crippen LogP contribution in [-0.2, 0) is 11.3 Å². The molecule has 0 saturated carbocycles. The Hall–Kier alpha value is -3.48. The Kier molecular flexibility index (Phi) is 5.77. The van der Waals surface area contributed by atoms with Crippen LogP contribution in [0.5, 0.6) is 0 Å². The lowest BCUT2D eigenvalue weighted by molar-refractivity contribution is -0.122. The lowest BCUT2D eigenvalue weighted by Gasteiger charge is -2.16. The zero-order valence-electron chi connectivity index (χ0n) is 16.6. The zero-order chi connectivity index (χ0) is 21.1. The van der Waals surface area contributed by atoms with Crippen LogP contribution >= 0.6 is 0 Å². The van der Waals surface area contributed by atoms with Gasteiger partial charge in [0.05, 0.1) is 16.6 Å². The van der Waals surface area contributed by atoms with E-state index >= 15 is 0 Å². The summed E-state index contributed by atoms with van der Waals surface area (Å²) in [6.45, 7) is 5.04. The van der Waals surface area contributed by atoms with E-state index in [0.717, 1.165) is 11.0 Å². The topological polar surface area (TPSA) is 90.2 Å². The van der Waals surface area contributed by atoms with Crippen molar-refractivity contribution in [2.45, 2.75) is 39.8 Å². The molecule has 1 amide bonds. The molecular formula is C22H23N3O4. The van der Waals surface area contributed by atoms with Gasteiger partial charge in [-0.3, -0.25) is 19.0 Å². The molecule has 1 unspecified atom stereocenters. The Labute approximate surface area is 167 Å². The zero-order valence-corrected chi connectivity index (χ0v) is 16.6. The maximum atomic E-state index is 13.2. The fourth-order valence-electron chi connectivity index (χ4n) is 3.13. The monoisotopic (exact) mass is 393 g/mol. The molecule has 0 radical (unpaired) electrons. The second kappa shape index (κ2) is 8.26. The molecule has 0 spiro atoms. The molecule has 7 heteroatoms. The van der Waals surface area contributed by atoms with Gasteiger partial charge in [0.25, 0.3) is 5.56 Å². The minimum Gasteiger partial charge on any atom is -0.352 e. The van der Waals surface area contributed by atoms with Crippen LogP contribution in [0.25, 0.3) is 16.6 Å². The van der Waals surface area contributed by atoms with Crippen molar-refractivity contribution in [2.24, 2.45) is 0 Å². The summed E-state index contributed by atoms with van der Waals surface area (Å²) >= 11 is 0. The number of aromatic nitrogens is 2. The average molecular weight is 393 g/mol. The summed E-state index contributed by atoms with van der Waals surface area (Å²) in [6, 6.07) is 13.0. The van der Waals surface area contributed by atoms with Crippen molar-refractivity contribution < 1.29 is 9.59 Å². The minimum absolute atomic E-state index is 0.0254. The van der Waals surface area contributed by atoms with Crippen molar-refractivity contribution in [3.63, 3.8) is 0 Å². The number of amides is 1. The van der Waals surface area contributed by atoms with Crippen molar-refractivity contribution in [1.82, 2.24) is 14.5 Å². The van der Waals surface area contributed by atoms with Crippen LogP contribution in [0.15, 0.2) is 58.1 Å². The van der Waals surface area contributed by atoms with E-state index in [-0.39, 0.29) is 30.0 Å². The molecule has 3 rings (SSSR count). The Balaban J connectivity index is 2.23. The van der Waals surface area contributed by atoms with E-state index in [2.05, 4.69) is 5.32 Å². The number of rotatable bonds is 6. The Morgan fingerprint density at radius 2 is 1.79 bits per heavy atom. The summed E-state index contributed by atoms with van der Waals surface area (Å²) in [5, 5.41) is 3.15. The van der Waals surface area contributed by atoms with Gasteiger partial charge in [0, 0.05) is 11.6 Å². The van der Waals surface area contributed by atoms with E-state index in [4.69, 9.17) is 0 Å². The summed E-state index contributed by atoms with van der Waals surface area (Å²) in [5.41, 5.74) is -0.0584. The van der Waals surface area contributed by atoms with Crippen LogP contribution in [0.1, 0.15) is 37.6 Å². The lowest BCUT2D eigenvalue weighted by atomic mass is 10.1. The Morgan fingerprint density at radius 3 is 2.48 bits per heavy atom. The highest BCUT2D eigenvalue weighted by atomic mass is 16.2. The van der Waals surface area contributed by atoms with Gasteiger partial charge < -0.3 is 5.32 Å². The SMILES string of the molecule is CCC(C)NC(=O)Cn1c(=O)n(-c2cccc(C(C)=O)c2)c(=O)c2ccccc21. The fraction of sp³-hybridized carbons (Fsp3) is 0.273. The molecule has 0 aliphatic heterocycles. The third kappa shape index (κ3) is 4.03. The number of carbonyl (C=O) groups excluding carboxylic acids is 2. The largest absolute Gasteiger partial charge is 0.352 e. The number of hydrogen-bond acceptors (Lipinski definition) is 4. The van der Waals surface area contributed by atoms with E-state index in [1.807, 2.05) is 13.8 Å². The minimum atomic E-state index is -0.631. The van der Waals surface area contributed by atoms with Crippen molar-refractivity contribution in [2.75, 3.05) is 0 Å². The molecule has 0 aliphatic carbocycles. The molecular weight excluding hydrogens is 370 g/mol. The van der Waals surface area contributed by atoms with Gasteiger partial charge in [-0.15, -0.1) is 0 Å². The first-order valence-corrected chi connectivity index (χ1v) is 9.48. The summed E-state index contributed by atoms with van der Waals surface area (Å²) in [6.07, 6.45) is 0.763. The predicted molar refractivity (Wildman–Crippen MR) is 112 cm³/mol. The van der Waals surface area contributed by atoms with Gasteiger partial charge in [-0.1, -0.05) is 31.2 Å². The number of carbonyl (C=O) groups is 2. The van der Waals surface area contributed by atoms with Gasteiger partial charge in [0.15, 0.2) is 5.78 Å². The molecule has 1 atom stereocenters. The number of fused-ring (bicyclic) bond motifs is 1. The second-order valence-electron chi connectivity index (χ2n) is 7.01. The van der Waals surface area contributed by atoms with Crippen LogP contribution in [0.2, 0.25) is 0 Å². The molecule has 0 fully saturated rings. The van der Waals surface area contributed by atoms with Crippen molar-refractivity contribution >= 4 is 22.6 Å². The van der Waals surface area contributed by atoms with Gasteiger partial charge in [0.1, 0.15) is 6.54 Å². The third-order valence-electron chi connectivity index (χ3n) is 4.88. The average Bonchev–Trinajstić information content (AvgIpc) is 2.71. The molecule has 3 aromatic rings. The van der Waals surface area contributed by atoms with E-state index < -0.39 is 11.2 Å². The van der Waals surface area contributed by atoms with Gasteiger partial charge in [-0.25, -0.2) is 9.36 Å². The van der Waals surface area contributed by atoms with Gasteiger partial charge in [-0.05, 0) is 44.5 Å². The van der Waals surface area contributed by atoms with Crippen molar-refractivity contribution in [1.29, 1.82) is 0 Å². The molecule has 0 saturated heterocycles. The molecule has 7 nitrogen and oxygen atoms in total. The van der Waals surface area contributed by atoms with Gasteiger partial charge >= 0.3 is 5.69 Å². The van der Waals surface area contributed by atoms with E-state index in [0.29, 0.717) is 16.5 Å². The van der Waals surface area contributed by atoms with E-state index in [9.17, 15) is 19.2 Å². The number of para-hydroxylation sites is 1. The number of nitrogens with zero attached hydrogens (tertiary/aromatic N) is 2. The van der Waals surface area contributed by atoms with Crippen LogP contribution < -0.4 is 16.6 Å². The molecule has 1 N–H and O–H groups in total. The predicted octanol–water partition coefficient (Wildman–Crippen LogP) is 2.27. The first-order valence-electron chi connectivity index (χ1n) is 9.48. The molecule has 150 valence electrons.